The maximum atomic E-state index is 14.6. The van der Waals surface area contributed by atoms with Crippen molar-refractivity contribution in [1.29, 1.82) is 0 Å². The Morgan fingerprint density at radius 1 is 0.958 bits per heavy atom. The van der Waals surface area contributed by atoms with E-state index in [1.165, 1.54) is 12.1 Å². The van der Waals surface area contributed by atoms with Crippen LogP contribution >= 0.6 is 15.2 Å². The molecular formula is C13H19FO8P2. The minimum absolute atomic E-state index is 0.249. The molecule has 0 bridgehead atoms. The van der Waals surface area contributed by atoms with E-state index in [-0.39, 0.29) is 5.56 Å². The first kappa shape index (κ1) is 21.0. The second-order valence-corrected chi connectivity index (χ2v) is 9.14. The summed E-state index contributed by atoms with van der Waals surface area (Å²) < 4.78 is 62.6. The monoisotopic (exact) mass is 384 g/mol. The molecule has 136 valence electrons. The van der Waals surface area contributed by atoms with Crippen molar-refractivity contribution in [2.75, 3.05) is 28.4 Å². The molecule has 0 saturated heterocycles. The van der Waals surface area contributed by atoms with Crippen molar-refractivity contribution in [3.63, 3.8) is 0 Å². The van der Waals surface area contributed by atoms with Crippen molar-refractivity contribution < 1.29 is 41.1 Å². The largest absolute Gasteiger partial charge is 0.467 e. The summed E-state index contributed by atoms with van der Waals surface area (Å²) in [6, 6.07) is 7.83. The van der Waals surface area contributed by atoms with Gasteiger partial charge >= 0.3 is 26.8 Å². The predicted octanol–water partition coefficient (Wildman–Crippen LogP) is 3.50. The molecule has 0 aliphatic heterocycles. The number of hydrogen-bond donors (Lipinski definition) is 0. The van der Waals surface area contributed by atoms with Crippen molar-refractivity contribution in [2.24, 2.45) is 0 Å². The second kappa shape index (κ2) is 8.85. The van der Waals surface area contributed by atoms with E-state index in [0.29, 0.717) is 0 Å². The van der Waals surface area contributed by atoms with Gasteiger partial charge in [0.2, 0.25) is 0 Å². The van der Waals surface area contributed by atoms with Gasteiger partial charge in [0.1, 0.15) is 0 Å². The maximum Gasteiger partial charge on any atom is 0.378 e. The number of esters is 1. The van der Waals surface area contributed by atoms with Crippen LogP contribution in [0.3, 0.4) is 0 Å². The Kier molecular flexibility index (Phi) is 7.73. The molecule has 0 fully saturated rings. The SMILES string of the molecule is COC(=O)[C@@H](OP(=O)(OC)C(F)P(=O)(OC)OC)c1ccccc1. The summed E-state index contributed by atoms with van der Waals surface area (Å²) in [5.74, 6) is -0.935. The lowest BCUT2D eigenvalue weighted by Gasteiger charge is -2.27. The molecule has 2 unspecified atom stereocenters. The van der Waals surface area contributed by atoms with Crippen LogP contribution in [0.2, 0.25) is 0 Å². The number of halogens is 1. The standard InChI is InChI=1S/C13H19FO8P2/c1-18-12(15)11(10-8-6-5-7-9-10)22-24(17,21-4)13(14)23(16,19-2)20-3/h5-9,11,13H,1-4H3/t11-,13?,24?/m0/s1. The molecule has 0 radical (unpaired) electrons. The average molecular weight is 384 g/mol. The molecule has 1 aromatic rings. The highest BCUT2D eigenvalue weighted by Gasteiger charge is 2.52. The fraction of sp³-hybridized carbons (Fsp3) is 0.462. The molecule has 0 amide bonds. The minimum atomic E-state index is -4.72. The number of rotatable bonds is 9. The van der Waals surface area contributed by atoms with E-state index in [1.807, 2.05) is 0 Å². The van der Waals surface area contributed by atoms with Crippen LogP contribution in [0.1, 0.15) is 11.7 Å². The number of carbonyl (C=O) groups is 1. The fourth-order valence-electron chi connectivity index (χ4n) is 1.72. The van der Waals surface area contributed by atoms with Gasteiger partial charge < -0.3 is 18.3 Å². The first-order chi connectivity index (χ1) is 11.3. The predicted molar refractivity (Wildman–Crippen MR) is 83.4 cm³/mol. The third kappa shape index (κ3) is 4.51. The molecule has 0 spiro atoms. The zero-order valence-corrected chi connectivity index (χ0v) is 15.4. The normalized spacial score (nSPS) is 16.9. The van der Waals surface area contributed by atoms with E-state index in [4.69, 9.17) is 4.52 Å². The van der Waals surface area contributed by atoms with Crippen LogP contribution in [0.5, 0.6) is 0 Å². The van der Waals surface area contributed by atoms with Crippen molar-refractivity contribution in [3.05, 3.63) is 35.9 Å². The zero-order valence-electron chi connectivity index (χ0n) is 13.6. The molecular weight excluding hydrogens is 365 g/mol. The summed E-state index contributed by atoms with van der Waals surface area (Å²) in [5.41, 5.74) is -2.50. The lowest BCUT2D eigenvalue weighted by Crippen LogP contribution is -2.20. The lowest BCUT2D eigenvalue weighted by molar-refractivity contribution is -0.149. The smallest absolute Gasteiger partial charge is 0.378 e. The van der Waals surface area contributed by atoms with Gasteiger partial charge in [-0.3, -0.25) is 13.7 Å². The highest BCUT2D eigenvalue weighted by atomic mass is 31.2. The van der Waals surface area contributed by atoms with Gasteiger partial charge in [0.15, 0.2) is 6.10 Å². The Morgan fingerprint density at radius 3 is 1.88 bits per heavy atom. The molecule has 8 nitrogen and oxygen atoms in total. The molecule has 0 aliphatic carbocycles. The molecule has 0 N–H and O–H groups in total. The number of ether oxygens (including phenoxy) is 1. The van der Waals surface area contributed by atoms with Gasteiger partial charge in [-0.05, 0) is 5.56 Å². The van der Waals surface area contributed by atoms with Gasteiger partial charge in [-0.25, -0.2) is 9.18 Å². The van der Waals surface area contributed by atoms with Crippen LogP contribution in [-0.4, -0.2) is 40.1 Å². The van der Waals surface area contributed by atoms with Crippen LogP contribution in [0.4, 0.5) is 4.39 Å². The number of carbonyl (C=O) groups excluding carboxylic acids is 1. The molecule has 24 heavy (non-hydrogen) atoms. The van der Waals surface area contributed by atoms with Gasteiger partial charge in [0, 0.05) is 21.3 Å². The molecule has 1 aromatic carbocycles. The topological polar surface area (TPSA) is 97.4 Å². The molecule has 0 aromatic heterocycles. The third-order valence-corrected chi connectivity index (χ3v) is 7.83. The Hall–Kier alpha value is -1.08. The maximum absolute atomic E-state index is 14.6. The van der Waals surface area contributed by atoms with Gasteiger partial charge in [0.25, 0.3) is 0 Å². The van der Waals surface area contributed by atoms with Gasteiger partial charge in [0.05, 0.1) is 7.11 Å². The Morgan fingerprint density at radius 2 is 1.46 bits per heavy atom. The van der Waals surface area contributed by atoms with Crippen molar-refractivity contribution in [1.82, 2.24) is 0 Å². The quantitative estimate of drug-likeness (QED) is 0.471. The highest BCUT2D eigenvalue weighted by Crippen LogP contribution is 2.71. The first-order valence-corrected chi connectivity index (χ1v) is 9.82. The summed E-state index contributed by atoms with van der Waals surface area (Å²) in [6.07, 6.45) is -1.55. The summed E-state index contributed by atoms with van der Waals surface area (Å²) in [6.45, 7) is 0. The van der Waals surface area contributed by atoms with Gasteiger partial charge in [-0.1, -0.05) is 30.3 Å². The summed E-state index contributed by atoms with van der Waals surface area (Å²) in [4.78, 5) is 11.9. The Bertz CT molecular complexity index is 630. The Balaban J connectivity index is 3.24. The van der Waals surface area contributed by atoms with E-state index in [9.17, 15) is 18.3 Å². The average Bonchev–Trinajstić information content (AvgIpc) is 2.64. The van der Waals surface area contributed by atoms with Crippen molar-refractivity contribution in [3.8, 4) is 0 Å². The van der Waals surface area contributed by atoms with E-state index in [0.717, 1.165) is 28.4 Å². The number of benzene rings is 1. The molecule has 0 saturated carbocycles. The van der Waals surface area contributed by atoms with Crippen molar-refractivity contribution >= 4 is 21.2 Å². The van der Waals surface area contributed by atoms with Gasteiger partial charge in [-0.2, -0.15) is 0 Å². The van der Waals surface area contributed by atoms with E-state index in [1.54, 1.807) is 18.2 Å². The molecule has 0 aliphatic rings. The summed E-state index contributed by atoms with van der Waals surface area (Å²) >= 11 is 0. The molecule has 0 heterocycles. The van der Waals surface area contributed by atoms with Crippen LogP contribution in [0.25, 0.3) is 0 Å². The number of alkyl halides is 1. The lowest BCUT2D eigenvalue weighted by atomic mass is 10.1. The van der Waals surface area contributed by atoms with Crippen LogP contribution in [-0.2, 0) is 36.8 Å². The molecule has 1 rings (SSSR count). The summed E-state index contributed by atoms with van der Waals surface area (Å²) in [7, 11) is -5.32. The van der Waals surface area contributed by atoms with E-state index >= 15 is 0 Å². The zero-order chi connectivity index (χ0) is 18.4. The molecule has 11 heteroatoms. The van der Waals surface area contributed by atoms with E-state index in [2.05, 4.69) is 18.3 Å². The van der Waals surface area contributed by atoms with Crippen LogP contribution in [0, 0.1) is 0 Å². The van der Waals surface area contributed by atoms with Crippen molar-refractivity contribution in [2.45, 2.75) is 11.8 Å². The first-order valence-electron chi connectivity index (χ1n) is 6.60. The van der Waals surface area contributed by atoms with Gasteiger partial charge in [-0.15, -0.1) is 0 Å². The fourth-order valence-corrected chi connectivity index (χ4v) is 5.48. The second-order valence-electron chi connectivity index (χ2n) is 4.36. The van der Waals surface area contributed by atoms with Crippen LogP contribution in [0.15, 0.2) is 30.3 Å². The number of hydrogen-bond acceptors (Lipinski definition) is 8. The number of methoxy groups -OCH3 is 1. The minimum Gasteiger partial charge on any atom is -0.467 e. The third-order valence-electron chi connectivity index (χ3n) is 3.06. The van der Waals surface area contributed by atoms with Crippen LogP contribution < -0.4 is 0 Å². The Labute approximate surface area is 139 Å². The highest BCUT2D eigenvalue weighted by molar-refractivity contribution is 7.72. The van der Waals surface area contributed by atoms with E-state index < -0.39 is 32.9 Å². The summed E-state index contributed by atoms with van der Waals surface area (Å²) in [5, 5.41) is 0. The molecule has 3 atom stereocenters.